The van der Waals surface area contributed by atoms with E-state index in [-0.39, 0.29) is 38.0 Å². The second kappa shape index (κ2) is 18.5. The predicted molar refractivity (Wildman–Crippen MR) is 273 cm³/mol. The van der Waals surface area contributed by atoms with Crippen LogP contribution in [-0.4, -0.2) is 19.6 Å². The number of hydrogen-bond donors (Lipinski definition) is 1. The van der Waals surface area contributed by atoms with E-state index in [1.807, 2.05) is 142 Å². The monoisotopic (exact) mass is 1060 g/mol. The minimum Gasteiger partial charge on any atom is -0.507 e. The third-order valence-corrected chi connectivity index (χ3v) is 11.6. The molecule has 0 saturated carbocycles. The zero-order valence-corrected chi connectivity index (χ0v) is 38.8. The van der Waals surface area contributed by atoms with Gasteiger partial charge >= 0.3 is 0 Å². The van der Waals surface area contributed by atoms with Crippen molar-refractivity contribution in [3.63, 3.8) is 0 Å². The van der Waals surface area contributed by atoms with Gasteiger partial charge in [-0.15, -0.1) is 23.8 Å². The van der Waals surface area contributed by atoms with Gasteiger partial charge in [-0.25, -0.2) is 4.98 Å². The topological polar surface area (TPSA) is 50.9 Å². The van der Waals surface area contributed by atoms with Crippen LogP contribution in [0.2, 0.25) is 0 Å². The smallest absolute Gasteiger partial charge is 0.148 e. The summed E-state index contributed by atoms with van der Waals surface area (Å²) in [7, 11) is 0. The molecule has 66 heavy (non-hydrogen) atoms. The Kier molecular flexibility index (Phi) is 8.03. The Morgan fingerprint density at radius 1 is 0.621 bits per heavy atom. The molecule has 0 aliphatic carbocycles. The number of aromatic hydroxyl groups is 1. The van der Waals surface area contributed by atoms with Crippen LogP contribution in [-0.2, 0) is 38.3 Å². The van der Waals surface area contributed by atoms with Crippen molar-refractivity contribution in [2.75, 3.05) is 0 Å². The van der Waals surface area contributed by atoms with Crippen LogP contribution >= 0.6 is 0 Å². The number of para-hydroxylation sites is 1. The van der Waals surface area contributed by atoms with E-state index in [0.29, 0.717) is 40.6 Å². The molecular weight excluding hydrogens is 986 g/mol. The van der Waals surface area contributed by atoms with Crippen molar-refractivity contribution >= 4 is 11.0 Å². The van der Waals surface area contributed by atoms with Gasteiger partial charge in [-0.2, -0.15) is 0 Å². The maximum Gasteiger partial charge on any atom is 0.148 e. The first-order chi connectivity index (χ1) is 38.6. The Morgan fingerprint density at radius 3 is 2.00 bits per heavy atom. The first-order valence-corrected chi connectivity index (χ1v) is 21.4. The molecule has 0 atom stereocenters. The third-order valence-electron chi connectivity index (χ3n) is 11.6. The van der Waals surface area contributed by atoms with Crippen LogP contribution < -0.4 is 0 Å². The second-order valence-electron chi connectivity index (χ2n) is 17.0. The number of benzene rings is 7. The van der Waals surface area contributed by atoms with E-state index in [1.54, 1.807) is 30.5 Å². The van der Waals surface area contributed by atoms with Gasteiger partial charge < -0.3 is 5.11 Å². The molecular formula is C61H58N3OPt-. The molecule has 9 rings (SSSR count). The van der Waals surface area contributed by atoms with E-state index in [0.717, 1.165) is 50.6 Å². The fourth-order valence-corrected chi connectivity index (χ4v) is 8.45. The van der Waals surface area contributed by atoms with E-state index in [1.165, 1.54) is 4.57 Å². The Balaban J connectivity index is 0.00000920. The molecule has 0 spiro atoms. The summed E-state index contributed by atoms with van der Waals surface area (Å²) in [6.07, 6.45) is 2.21. The number of nitrogens with zero attached hydrogens (tertiary/aromatic N) is 3. The Bertz CT molecular complexity index is 3790. The van der Waals surface area contributed by atoms with Crippen molar-refractivity contribution < 1.29 is 50.8 Å². The fraction of sp³-hybridized carbons (Fsp3) is 0.213. The average molecular weight is 1060 g/mol. The minimum absolute atomic E-state index is 0. The van der Waals surface area contributed by atoms with Gasteiger partial charge in [-0.3, -0.25) is 9.55 Å². The summed E-state index contributed by atoms with van der Waals surface area (Å²) < 4.78 is 159. The molecule has 2 aromatic heterocycles. The molecule has 334 valence electrons. The largest absolute Gasteiger partial charge is 0.507 e. The van der Waals surface area contributed by atoms with Crippen molar-refractivity contribution in [1.29, 1.82) is 0 Å². The van der Waals surface area contributed by atoms with Crippen LogP contribution in [0.3, 0.4) is 0 Å². The average Bonchev–Trinajstić information content (AvgIpc) is 0.820. The summed E-state index contributed by atoms with van der Waals surface area (Å²) in [6.45, 7) is -18.5. The Hall–Kier alpha value is -6.35. The molecule has 2 heterocycles. The zero-order chi connectivity index (χ0) is 60.6. The number of pyridine rings is 1. The molecule has 0 fully saturated rings. The Morgan fingerprint density at radius 2 is 1.30 bits per heavy atom. The number of rotatable bonds is 9. The van der Waals surface area contributed by atoms with Crippen molar-refractivity contribution in [2.24, 2.45) is 5.92 Å². The third kappa shape index (κ3) is 9.35. The second-order valence-corrected chi connectivity index (χ2v) is 17.0. The quantitative estimate of drug-likeness (QED) is 0.147. The van der Waals surface area contributed by atoms with Crippen LogP contribution in [0.5, 0.6) is 5.75 Å². The molecule has 7 aromatic carbocycles. The maximum absolute atomic E-state index is 13.0. The molecule has 0 saturated heterocycles. The van der Waals surface area contributed by atoms with Crippen LogP contribution in [0.4, 0.5) is 0 Å². The van der Waals surface area contributed by atoms with Gasteiger partial charge in [-0.05, 0) is 99.4 Å². The summed E-state index contributed by atoms with van der Waals surface area (Å²) >= 11 is 0. The van der Waals surface area contributed by atoms with Gasteiger partial charge in [0.15, 0.2) is 0 Å². The molecule has 0 radical (unpaired) electrons. The number of fused-ring (bicyclic) bond motifs is 1. The van der Waals surface area contributed by atoms with E-state index >= 15 is 0 Å². The van der Waals surface area contributed by atoms with Crippen LogP contribution in [0.15, 0.2) is 164 Å². The normalized spacial score (nSPS) is 17.0. The molecule has 0 aliphatic rings. The number of hydrogen-bond acceptors (Lipinski definition) is 3. The number of phenols is 1. The van der Waals surface area contributed by atoms with E-state index in [4.69, 9.17) is 34.6 Å². The van der Waals surface area contributed by atoms with Gasteiger partial charge in [0, 0.05) is 68.9 Å². The Labute approximate surface area is 431 Å². The van der Waals surface area contributed by atoms with Gasteiger partial charge in [-0.1, -0.05) is 192 Å². The van der Waals surface area contributed by atoms with E-state index in [2.05, 4.69) is 6.07 Å². The molecule has 0 unspecified atom stereocenters. The molecule has 1 N–H and O–H groups in total. The fourth-order valence-electron chi connectivity index (χ4n) is 8.45. The predicted octanol–water partition coefficient (Wildman–Crippen LogP) is 16.0. The molecule has 9 aromatic rings. The summed E-state index contributed by atoms with van der Waals surface area (Å²) in [5.74, 6) is -1.68. The van der Waals surface area contributed by atoms with Crippen molar-refractivity contribution in [2.45, 2.75) is 79.1 Å². The zero-order valence-electron chi connectivity index (χ0n) is 54.5. The van der Waals surface area contributed by atoms with Crippen LogP contribution in [0, 0.1) is 18.9 Å². The molecule has 0 amide bonds. The van der Waals surface area contributed by atoms with E-state index < -0.39 is 80.2 Å². The van der Waals surface area contributed by atoms with Gasteiger partial charge in [0.05, 0.1) is 16.6 Å². The number of aromatic nitrogens is 3. The van der Waals surface area contributed by atoms with E-state index in [9.17, 15) is 5.11 Å². The number of imidazole rings is 1. The van der Waals surface area contributed by atoms with Gasteiger partial charge in [0.2, 0.25) is 0 Å². The molecule has 0 aliphatic heterocycles. The molecule has 5 heteroatoms. The number of phenolic OH excluding ortho intramolecular Hbond substituents is 1. The maximum atomic E-state index is 13.0. The number of aryl methyl sites for hydroxylation is 1. The van der Waals surface area contributed by atoms with Crippen LogP contribution in [0.1, 0.15) is 102 Å². The van der Waals surface area contributed by atoms with Gasteiger partial charge in [0.1, 0.15) is 11.6 Å². The SMILES string of the molecule is [2H]C([2H])([2H])C(c1cc(-c2nc3c(-c4[c-]c(-c5cc(-c6ccc(C)cc6)ccn5)cc(-c5ccccc5)c4)cccc3n2-c2ccc(-c3ccccc3)c(CC(C)C)c2)c(O)c(C(C([2H])([2H])[2H])(C([2H])([2H])[2H])C([2H])([2H])[2H])c1)(C([2H])([2H])[2H])C([2H])([2H])[2H].[Pt]. The van der Waals surface area contributed by atoms with Crippen molar-refractivity contribution in [1.82, 2.24) is 14.5 Å². The summed E-state index contributed by atoms with van der Waals surface area (Å²) in [6, 6.07) is 50.0. The first kappa shape index (κ1) is 28.6. The van der Waals surface area contributed by atoms with Crippen LogP contribution in [0.25, 0.3) is 83.9 Å². The standard InChI is InChI=1S/C61H58N3O.Pt/c1-39(2)31-46-35-50(27-28-51(46)43-19-14-11-15-20-43)64-56-22-16-21-52(57(56)63-59(64)53-37-49(60(4,5)6)38-54(58(53)65)61(7,8)9)47-32-45(41-17-12-10-13-18-41)33-48(34-47)55-36-44(29-30-62-55)42-25-23-40(3)24-26-42;/h10-30,32-33,35-39,65H,31H2,1-9H3;/q-1;/i4D3,5D3,6D3,7D3,8D3,9D3;. The summed E-state index contributed by atoms with van der Waals surface area (Å²) in [5.41, 5.74) is -1.84. The molecule has 4 nitrogen and oxygen atoms in total. The summed E-state index contributed by atoms with van der Waals surface area (Å²) in [5, 5.41) is 13.0. The molecule has 0 bridgehead atoms. The first-order valence-electron chi connectivity index (χ1n) is 30.4. The van der Waals surface area contributed by atoms with Crippen molar-refractivity contribution in [3.05, 3.63) is 192 Å². The summed E-state index contributed by atoms with van der Waals surface area (Å²) in [4.78, 5) is 9.97. The minimum atomic E-state index is -4.14. The van der Waals surface area contributed by atoms with Gasteiger partial charge in [0.25, 0.3) is 0 Å². The van der Waals surface area contributed by atoms with Crippen molar-refractivity contribution in [3.8, 4) is 78.6 Å².